The topological polar surface area (TPSA) is 63.1 Å². The Morgan fingerprint density at radius 2 is 1.78 bits per heavy atom. The number of hydrazone groups is 1. The molecule has 0 aliphatic heterocycles. The molecule has 27 heavy (non-hydrogen) atoms. The maximum absolute atomic E-state index is 6.28. The molecular formula is C19H12Cl3N5. The van der Waals surface area contributed by atoms with Crippen molar-refractivity contribution >= 4 is 68.8 Å². The van der Waals surface area contributed by atoms with Crippen LogP contribution in [0.5, 0.6) is 0 Å². The van der Waals surface area contributed by atoms with Crippen LogP contribution in [0.4, 0.5) is 5.82 Å². The number of nitrogens with zero attached hydrogens (tertiary/aromatic N) is 4. The number of rotatable bonds is 3. The van der Waals surface area contributed by atoms with E-state index in [4.69, 9.17) is 34.8 Å². The average Bonchev–Trinajstić information content (AvgIpc) is 2.64. The Morgan fingerprint density at radius 3 is 2.63 bits per heavy atom. The molecule has 0 saturated carbocycles. The summed E-state index contributed by atoms with van der Waals surface area (Å²) >= 11 is 18.5. The summed E-state index contributed by atoms with van der Waals surface area (Å²) in [6.45, 7) is 1.99. The Hall–Kier alpha value is -2.47. The first kappa shape index (κ1) is 17.9. The molecule has 0 unspecified atom stereocenters. The van der Waals surface area contributed by atoms with Crippen molar-refractivity contribution < 1.29 is 0 Å². The fourth-order valence-electron chi connectivity index (χ4n) is 2.67. The average molecular weight is 417 g/mol. The summed E-state index contributed by atoms with van der Waals surface area (Å²) in [5, 5.41) is 6.30. The van der Waals surface area contributed by atoms with E-state index in [9.17, 15) is 0 Å². The number of anilines is 1. The van der Waals surface area contributed by atoms with Crippen molar-refractivity contribution in [1.29, 1.82) is 0 Å². The summed E-state index contributed by atoms with van der Waals surface area (Å²) < 4.78 is 0. The van der Waals surface area contributed by atoms with Crippen molar-refractivity contribution in [2.75, 3.05) is 5.43 Å². The summed E-state index contributed by atoms with van der Waals surface area (Å²) in [6.07, 6.45) is 1.57. The van der Waals surface area contributed by atoms with Crippen molar-refractivity contribution in [3.8, 4) is 0 Å². The van der Waals surface area contributed by atoms with E-state index in [1.54, 1.807) is 24.4 Å². The van der Waals surface area contributed by atoms with Crippen LogP contribution in [0.25, 0.3) is 21.9 Å². The van der Waals surface area contributed by atoms with Gasteiger partial charge in [-0.05, 0) is 36.8 Å². The molecule has 5 nitrogen and oxygen atoms in total. The van der Waals surface area contributed by atoms with Crippen LogP contribution in [0, 0.1) is 6.92 Å². The quantitative estimate of drug-likeness (QED) is 0.257. The van der Waals surface area contributed by atoms with Gasteiger partial charge >= 0.3 is 0 Å². The van der Waals surface area contributed by atoms with Crippen LogP contribution >= 0.6 is 34.8 Å². The van der Waals surface area contributed by atoms with Crippen LogP contribution in [0.15, 0.2) is 47.6 Å². The molecule has 0 amide bonds. The fraction of sp³-hybridized carbons (Fsp3) is 0.0526. The first-order valence-electron chi connectivity index (χ1n) is 7.99. The third-order valence-corrected chi connectivity index (χ3v) is 4.79. The van der Waals surface area contributed by atoms with Gasteiger partial charge in [-0.25, -0.2) is 15.0 Å². The van der Waals surface area contributed by atoms with Gasteiger partial charge in [0.15, 0.2) is 11.0 Å². The number of pyridine rings is 1. The Labute approximate surface area is 170 Å². The number of benzene rings is 2. The van der Waals surface area contributed by atoms with Crippen LogP contribution in [0.3, 0.4) is 0 Å². The maximum Gasteiger partial charge on any atom is 0.185 e. The lowest BCUT2D eigenvalue weighted by molar-refractivity contribution is 1.22. The molecule has 2 heterocycles. The third-order valence-electron chi connectivity index (χ3n) is 3.99. The number of para-hydroxylation sites is 1. The van der Waals surface area contributed by atoms with Crippen LogP contribution in [-0.4, -0.2) is 21.2 Å². The van der Waals surface area contributed by atoms with Crippen molar-refractivity contribution in [3.63, 3.8) is 0 Å². The second-order valence-corrected chi connectivity index (χ2v) is 7.03. The lowest BCUT2D eigenvalue weighted by Gasteiger charge is -2.06. The van der Waals surface area contributed by atoms with Gasteiger partial charge in [-0.2, -0.15) is 5.10 Å². The van der Waals surface area contributed by atoms with Crippen LogP contribution in [-0.2, 0) is 0 Å². The summed E-state index contributed by atoms with van der Waals surface area (Å²) in [5.41, 5.74) is 6.67. The van der Waals surface area contributed by atoms with Gasteiger partial charge in [0.1, 0.15) is 5.15 Å². The SMILES string of the molecule is Cc1cccc2cc(C=NNc3nc4cc(Cl)ccc4nc3Cl)c(Cl)nc12. The first-order valence-corrected chi connectivity index (χ1v) is 9.12. The zero-order chi connectivity index (χ0) is 19.0. The van der Waals surface area contributed by atoms with Crippen molar-refractivity contribution in [1.82, 2.24) is 15.0 Å². The highest BCUT2D eigenvalue weighted by Gasteiger charge is 2.08. The molecule has 0 bridgehead atoms. The second-order valence-electron chi connectivity index (χ2n) is 5.88. The number of halogens is 3. The van der Waals surface area contributed by atoms with Gasteiger partial charge in [0.2, 0.25) is 0 Å². The normalized spacial score (nSPS) is 11.6. The largest absolute Gasteiger partial charge is 0.259 e. The molecular weight excluding hydrogens is 405 g/mol. The van der Waals surface area contributed by atoms with E-state index in [-0.39, 0.29) is 5.15 Å². The zero-order valence-corrected chi connectivity index (χ0v) is 16.3. The highest BCUT2D eigenvalue weighted by Crippen LogP contribution is 2.24. The molecule has 0 atom stereocenters. The summed E-state index contributed by atoms with van der Waals surface area (Å²) in [6, 6.07) is 13.1. The number of nitrogens with one attached hydrogen (secondary N) is 1. The van der Waals surface area contributed by atoms with E-state index >= 15 is 0 Å². The zero-order valence-electron chi connectivity index (χ0n) is 14.0. The predicted molar refractivity (Wildman–Crippen MR) is 112 cm³/mol. The first-order chi connectivity index (χ1) is 13.0. The van der Waals surface area contributed by atoms with Gasteiger partial charge in [-0.1, -0.05) is 53.0 Å². The molecule has 4 aromatic rings. The summed E-state index contributed by atoms with van der Waals surface area (Å²) in [7, 11) is 0. The molecule has 1 N–H and O–H groups in total. The third kappa shape index (κ3) is 3.67. The highest BCUT2D eigenvalue weighted by molar-refractivity contribution is 6.33. The standard InChI is InChI=1S/C19H12Cl3N5/c1-10-3-2-4-11-7-12(17(21)26-16(10)11)9-23-27-19-18(22)24-14-6-5-13(20)8-15(14)25-19/h2-9H,1H3,(H,25,27). The van der Waals surface area contributed by atoms with Crippen LogP contribution in [0.1, 0.15) is 11.1 Å². The number of hydrogen-bond donors (Lipinski definition) is 1. The fourth-order valence-corrected chi connectivity index (χ4v) is 3.20. The van der Waals surface area contributed by atoms with Crippen LogP contribution < -0.4 is 5.43 Å². The van der Waals surface area contributed by atoms with Gasteiger partial charge < -0.3 is 0 Å². The minimum atomic E-state index is 0.209. The minimum Gasteiger partial charge on any atom is -0.259 e. The number of aryl methyl sites for hydroxylation is 1. The van der Waals surface area contributed by atoms with Crippen molar-refractivity contribution in [3.05, 3.63) is 68.9 Å². The molecule has 4 rings (SSSR count). The molecule has 0 radical (unpaired) electrons. The Kier molecular flexibility index (Phi) is 4.83. The molecule has 134 valence electrons. The number of hydrogen-bond acceptors (Lipinski definition) is 5. The van der Waals surface area contributed by atoms with E-state index in [1.807, 2.05) is 31.2 Å². The molecule has 0 spiro atoms. The lowest BCUT2D eigenvalue weighted by atomic mass is 10.1. The molecule has 0 fully saturated rings. The molecule has 8 heteroatoms. The maximum atomic E-state index is 6.28. The smallest absolute Gasteiger partial charge is 0.185 e. The van der Waals surface area contributed by atoms with Crippen molar-refractivity contribution in [2.45, 2.75) is 6.92 Å². The summed E-state index contributed by atoms with van der Waals surface area (Å²) in [4.78, 5) is 13.1. The molecule has 0 aliphatic rings. The molecule has 2 aromatic carbocycles. The highest BCUT2D eigenvalue weighted by atomic mass is 35.5. The van der Waals surface area contributed by atoms with Gasteiger partial charge in [0.05, 0.1) is 22.8 Å². The number of fused-ring (bicyclic) bond motifs is 2. The van der Waals surface area contributed by atoms with Crippen molar-refractivity contribution in [2.24, 2.45) is 5.10 Å². The van der Waals surface area contributed by atoms with Crippen LogP contribution in [0.2, 0.25) is 15.3 Å². The van der Waals surface area contributed by atoms with E-state index < -0.39 is 0 Å². The Morgan fingerprint density at radius 1 is 0.926 bits per heavy atom. The van der Waals surface area contributed by atoms with Gasteiger partial charge in [0.25, 0.3) is 0 Å². The minimum absolute atomic E-state index is 0.209. The van der Waals surface area contributed by atoms with E-state index in [2.05, 4.69) is 25.5 Å². The van der Waals surface area contributed by atoms with Gasteiger partial charge in [-0.15, -0.1) is 0 Å². The second kappa shape index (κ2) is 7.27. The molecule has 0 saturated heterocycles. The van der Waals surface area contributed by atoms with E-state index in [1.165, 1.54) is 0 Å². The number of aromatic nitrogens is 3. The van der Waals surface area contributed by atoms with E-state index in [0.717, 1.165) is 16.5 Å². The summed E-state index contributed by atoms with van der Waals surface area (Å²) in [5.74, 6) is 0.323. The van der Waals surface area contributed by atoms with Gasteiger partial charge in [-0.3, -0.25) is 5.43 Å². The molecule has 0 aliphatic carbocycles. The Balaban J connectivity index is 1.64. The molecule has 2 aromatic heterocycles. The lowest BCUT2D eigenvalue weighted by Crippen LogP contribution is -1.98. The van der Waals surface area contributed by atoms with Gasteiger partial charge in [0, 0.05) is 16.0 Å². The Bertz CT molecular complexity index is 1210. The monoisotopic (exact) mass is 415 g/mol. The predicted octanol–water partition coefficient (Wildman–Crippen LogP) is 5.89. The van der Waals surface area contributed by atoms with E-state index in [0.29, 0.717) is 32.6 Å².